The fraction of sp³-hybridized carbons (Fsp3) is 0.500. The molecule has 1 amide bonds. The molecule has 2 aliphatic heterocycles. The Balaban J connectivity index is 1.39. The Morgan fingerprint density at radius 1 is 1.27 bits per heavy atom. The topological polar surface area (TPSA) is 85.6 Å². The van der Waals surface area contributed by atoms with Crippen LogP contribution in [0.1, 0.15) is 48.1 Å². The van der Waals surface area contributed by atoms with Gasteiger partial charge in [-0.1, -0.05) is 36.4 Å². The summed E-state index contributed by atoms with van der Waals surface area (Å²) < 4.78 is 49.0. The molecule has 0 bridgehead atoms. The van der Waals surface area contributed by atoms with Crippen molar-refractivity contribution in [2.24, 2.45) is 0 Å². The molecular formula is C32H34ClF3N6O2. The van der Waals surface area contributed by atoms with Crippen LogP contribution in [0.25, 0.3) is 5.57 Å². The number of aromatic nitrogens is 2. The lowest BCUT2D eigenvalue weighted by atomic mass is 9.70. The minimum absolute atomic E-state index is 0.0440. The Bertz CT molecular complexity index is 1560. The third-order valence-corrected chi connectivity index (χ3v) is 9.86. The van der Waals surface area contributed by atoms with E-state index < -0.39 is 17.2 Å². The van der Waals surface area contributed by atoms with Crippen LogP contribution in [0, 0.1) is 11.3 Å². The predicted molar refractivity (Wildman–Crippen MR) is 161 cm³/mol. The first-order chi connectivity index (χ1) is 21.0. The van der Waals surface area contributed by atoms with Crippen LogP contribution in [0.4, 0.5) is 19.0 Å². The standard InChI is InChI=1S/C32H34ClF3N6O2/c1-3-27(43)42-15-14-41(18-20(42)10-12-37)29-22-9-11-31(16-24(32(34,35)36)28-23(31)7-4-8-25(28)33)17-26(22)38-30(39-29)44-19-21-6-5-13-40(21)2/h3-4,7-8,16,20-21H,1,5-6,9-11,13-15,17-19H2,2H3/t20-,21-,31+/m0/s1. The summed E-state index contributed by atoms with van der Waals surface area (Å²) in [6.07, 6.45) is 1.36. The number of halogens is 4. The molecule has 232 valence electrons. The van der Waals surface area contributed by atoms with E-state index >= 15 is 0 Å². The maximum absolute atomic E-state index is 14.3. The minimum atomic E-state index is -4.56. The maximum Gasteiger partial charge on any atom is 0.416 e. The monoisotopic (exact) mass is 626 g/mol. The molecule has 0 saturated carbocycles. The van der Waals surface area contributed by atoms with Gasteiger partial charge in [-0.05, 0) is 57.0 Å². The van der Waals surface area contributed by atoms with Crippen molar-refractivity contribution in [1.82, 2.24) is 19.8 Å². The molecule has 2 fully saturated rings. The van der Waals surface area contributed by atoms with E-state index in [-0.39, 0.29) is 47.4 Å². The molecule has 3 heterocycles. The number of fused-ring (bicyclic) bond motifs is 3. The number of alkyl halides is 3. The van der Waals surface area contributed by atoms with Gasteiger partial charge in [-0.2, -0.15) is 28.4 Å². The third-order valence-electron chi connectivity index (χ3n) is 9.54. The zero-order chi connectivity index (χ0) is 31.2. The molecule has 1 aromatic heterocycles. The quantitative estimate of drug-likeness (QED) is 0.412. The number of hydrogen-bond acceptors (Lipinski definition) is 7. The number of piperazine rings is 1. The van der Waals surface area contributed by atoms with Gasteiger partial charge in [-0.25, -0.2) is 0 Å². The number of amides is 1. The molecule has 1 aromatic carbocycles. The van der Waals surface area contributed by atoms with Crippen molar-refractivity contribution in [2.75, 3.05) is 44.7 Å². The summed E-state index contributed by atoms with van der Waals surface area (Å²) in [4.78, 5) is 28.1. The van der Waals surface area contributed by atoms with E-state index in [9.17, 15) is 23.2 Å². The second kappa shape index (κ2) is 11.7. The zero-order valence-electron chi connectivity index (χ0n) is 24.5. The maximum atomic E-state index is 14.3. The number of carbonyl (C=O) groups is 1. The molecule has 0 radical (unpaired) electrons. The molecule has 8 nitrogen and oxygen atoms in total. The van der Waals surface area contributed by atoms with E-state index in [4.69, 9.17) is 26.3 Å². The van der Waals surface area contributed by atoms with Crippen molar-refractivity contribution in [3.8, 4) is 12.1 Å². The van der Waals surface area contributed by atoms with Crippen molar-refractivity contribution in [3.05, 3.63) is 64.3 Å². The van der Waals surface area contributed by atoms with E-state index in [2.05, 4.69) is 29.5 Å². The highest BCUT2D eigenvalue weighted by atomic mass is 35.5. The lowest BCUT2D eigenvalue weighted by Gasteiger charge is -2.42. The third kappa shape index (κ3) is 5.43. The summed E-state index contributed by atoms with van der Waals surface area (Å²) in [6.45, 7) is 6.21. The van der Waals surface area contributed by atoms with Crippen molar-refractivity contribution in [1.29, 1.82) is 5.26 Å². The summed E-state index contributed by atoms with van der Waals surface area (Å²) in [5.74, 6) is 0.421. The highest BCUT2D eigenvalue weighted by molar-refractivity contribution is 6.32. The summed E-state index contributed by atoms with van der Waals surface area (Å²) in [5, 5.41) is 9.58. The second-order valence-electron chi connectivity index (χ2n) is 12.1. The number of carbonyl (C=O) groups excluding carboxylic acids is 1. The highest BCUT2D eigenvalue weighted by Crippen LogP contribution is 2.54. The molecule has 2 aliphatic carbocycles. The number of likely N-dealkylation sites (tertiary alicyclic amines) is 1. The van der Waals surface area contributed by atoms with E-state index in [0.717, 1.165) is 24.9 Å². The summed E-state index contributed by atoms with van der Waals surface area (Å²) >= 11 is 6.37. The molecule has 0 N–H and O–H groups in total. The van der Waals surface area contributed by atoms with Crippen LogP contribution >= 0.6 is 11.6 Å². The zero-order valence-corrected chi connectivity index (χ0v) is 25.3. The van der Waals surface area contributed by atoms with E-state index in [1.54, 1.807) is 17.0 Å². The van der Waals surface area contributed by atoms with Gasteiger partial charge in [0.05, 0.1) is 29.8 Å². The fourth-order valence-electron chi connectivity index (χ4n) is 7.27. The molecule has 0 unspecified atom stereocenters. The summed E-state index contributed by atoms with van der Waals surface area (Å²) in [5.41, 5.74) is 0.469. The van der Waals surface area contributed by atoms with Gasteiger partial charge >= 0.3 is 12.2 Å². The molecule has 6 rings (SSSR count). The van der Waals surface area contributed by atoms with Crippen LogP contribution in [-0.4, -0.2) is 83.8 Å². The van der Waals surface area contributed by atoms with Gasteiger partial charge in [-0.15, -0.1) is 0 Å². The summed E-state index contributed by atoms with van der Waals surface area (Å²) in [7, 11) is 2.05. The fourth-order valence-corrected chi connectivity index (χ4v) is 7.55. The van der Waals surface area contributed by atoms with Crippen LogP contribution in [0.2, 0.25) is 5.02 Å². The average molecular weight is 627 g/mol. The van der Waals surface area contributed by atoms with Crippen LogP contribution in [0.5, 0.6) is 6.01 Å². The first-order valence-electron chi connectivity index (χ1n) is 14.9. The minimum Gasteiger partial charge on any atom is -0.462 e. The van der Waals surface area contributed by atoms with Crippen LogP contribution < -0.4 is 9.64 Å². The molecule has 12 heteroatoms. The number of nitrogens with zero attached hydrogens (tertiary/aromatic N) is 6. The molecule has 3 atom stereocenters. The van der Waals surface area contributed by atoms with Crippen molar-refractivity contribution >= 4 is 28.9 Å². The van der Waals surface area contributed by atoms with Crippen molar-refractivity contribution in [3.63, 3.8) is 0 Å². The SMILES string of the molecule is C=CC(=O)N1CCN(c2nc(OC[C@@H]3CCCN3C)nc3c2CC[C@@]2(C=C(C(F)(F)F)c4c(Cl)cccc42)C3)C[C@@H]1CC#N. The molecule has 1 spiro atoms. The number of rotatable bonds is 6. The molecule has 2 saturated heterocycles. The number of allylic oxidation sites excluding steroid dienone is 2. The van der Waals surface area contributed by atoms with E-state index in [1.165, 1.54) is 18.2 Å². The first-order valence-corrected chi connectivity index (χ1v) is 15.3. The Hall–Kier alpha value is -3.62. The number of ether oxygens (including phenoxy) is 1. The van der Waals surface area contributed by atoms with Gasteiger partial charge in [0.15, 0.2) is 0 Å². The van der Waals surface area contributed by atoms with E-state index in [1.807, 2.05) is 0 Å². The summed E-state index contributed by atoms with van der Waals surface area (Å²) in [6, 6.07) is 7.15. The number of likely N-dealkylation sites (N-methyl/N-ethyl adjacent to an activating group) is 1. The number of benzene rings is 1. The van der Waals surface area contributed by atoms with Gasteiger partial charge in [0.2, 0.25) is 5.91 Å². The van der Waals surface area contributed by atoms with Crippen molar-refractivity contribution < 1.29 is 22.7 Å². The first kappa shape index (κ1) is 30.4. The Morgan fingerprint density at radius 3 is 2.80 bits per heavy atom. The number of anilines is 1. The second-order valence-corrected chi connectivity index (χ2v) is 12.5. The Kier molecular flexibility index (Phi) is 8.09. The van der Waals surface area contributed by atoms with Crippen LogP contribution in [0.15, 0.2) is 36.9 Å². The van der Waals surface area contributed by atoms with Gasteiger partial charge in [0.25, 0.3) is 0 Å². The molecular weight excluding hydrogens is 593 g/mol. The smallest absolute Gasteiger partial charge is 0.416 e. The molecule has 4 aliphatic rings. The van der Waals surface area contributed by atoms with Gasteiger partial charge in [-0.3, -0.25) is 4.79 Å². The number of hydrogen-bond donors (Lipinski definition) is 0. The Morgan fingerprint density at radius 2 is 2.09 bits per heavy atom. The average Bonchev–Trinajstić information content (AvgIpc) is 3.56. The predicted octanol–water partition coefficient (Wildman–Crippen LogP) is 5.11. The molecule has 44 heavy (non-hydrogen) atoms. The molecule has 2 aromatic rings. The van der Waals surface area contributed by atoms with Crippen LogP contribution in [-0.2, 0) is 23.1 Å². The number of nitriles is 1. The largest absolute Gasteiger partial charge is 0.462 e. The van der Waals surface area contributed by atoms with Gasteiger partial charge < -0.3 is 19.4 Å². The Labute approximate surface area is 259 Å². The van der Waals surface area contributed by atoms with Crippen LogP contribution in [0.3, 0.4) is 0 Å². The van der Waals surface area contributed by atoms with Gasteiger partial charge in [0.1, 0.15) is 12.4 Å². The highest BCUT2D eigenvalue weighted by Gasteiger charge is 2.50. The van der Waals surface area contributed by atoms with Crippen molar-refractivity contribution in [2.45, 2.75) is 62.2 Å². The lowest BCUT2D eigenvalue weighted by Crippen LogP contribution is -2.55. The normalized spacial score (nSPS) is 25.0. The van der Waals surface area contributed by atoms with E-state index in [0.29, 0.717) is 56.2 Å². The lowest BCUT2D eigenvalue weighted by molar-refractivity contribution is -0.128. The van der Waals surface area contributed by atoms with Gasteiger partial charge in [0, 0.05) is 53.7 Å².